The summed E-state index contributed by atoms with van der Waals surface area (Å²) in [7, 11) is -2.04. The average molecular weight is 490 g/mol. The molecule has 6 heteroatoms. The zero-order chi connectivity index (χ0) is 24.9. The molecule has 0 aliphatic carbocycles. The molecule has 0 spiro atoms. The van der Waals surface area contributed by atoms with Crippen LogP contribution in [0, 0.1) is 11.5 Å². The first-order valence-corrected chi connectivity index (χ1v) is 14.8. The van der Waals surface area contributed by atoms with Gasteiger partial charge in [-0.15, -0.1) is 5.54 Å². The molecule has 182 valence electrons. The second kappa shape index (κ2) is 11.7. The molecule has 1 saturated heterocycles. The number of hydrogen-bond acceptors (Lipinski definition) is 3. The van der Waals surface area contributed by atoms with Crippen LogP contribution in [0.3, 0.4) is 0 Å². The number of hydrogen-bond donors (Lipinski definition) is 0. The van der Waals surface area contributed by atoms with E-state index in [9.17, 15) is 9.59 Å². The van der Waals surface area contributed by atoms with Crippen molar-refractivity contribution in [3.8, 4) is 11.5 Å². The molecule has 33 heavy (non-hydrogen) atoms. The van der Waals surface area contributed by atoms with Crippen molar-refractivity contribution in [2.24, 2.45) is 0 Å². The van der Waals surface area contributed by atoms with Gasteiger partial charge in [-0.2, -0.15) is 0 Å². The Bertz CT molecular complexity index is 863. The Balaban J connectivity index is 2.70. The summed E-state index contributed by atoms with van der Waals surface area (Å²) in [5.41, 5.74) is 6.09. The Morgan fingerprint density at radius 2 is 1.67 bits per heavy atom. The Kier molecular flexibility index (Phi) is 9.78. The summed E-state index contributed by atoms with van der Waals surface area (Å²) >= 11 is 6.13. The Hall–Kier alpha value is -1.61. The Morgan fingerprint density at radius 3 is 2.12 bits per heavy atom. The molecule has 0 aromatic heterocycles. The van der Waals surface area contributed by atoms with E-state index in [0.29, 0.717) is 28.1 Å². The van der Waals surface area contributed by atoms with Crippen molar-refractivity contribution in [1.82, 2.24) is 4.90 Å². The summed E-state index contributed by atoms with van der Waals surface area (Å²) in [5, 5.41) is 0.642. The largest absolute Gasteiger partial charge is 0.360 e. The van der Waals surface area contributed by atoms with Crippen LogP contribution in [0.5, 0.6) is 0 Å². The smallest absolute Gasteiger partial charge is 0.250 e. The van der Waals surface area contributed by atoms with Crippen molar-refractivity contribution in [3.63, 3.8) is 0 Å². The summed E-state index contributed by atoms with van der Waals surface area (Å²) in [6.45, 7) is 17.2. The summed E-state index contributed by atoms with van der Waals surface area (Å²) in [5.74, 6) is 3.38. The highest BCUT2D eigenvalue weighted by Crippen LogP contribution is 2.41. The molecule has 4 nitrogen and oxygen atoms in total. The van der Waals surface area contributed by atoms with E-state index in [0.717, 1.165) is 12.0 Å². The predicted octanol–water partition coefficient (Wildman–Crippen LogP) is 6.59. The topological polar surface area (TPSA) is 46.6 Å². The van der Waals surface area contributed by atoms with Crippen molar-refractivity contribution in [1.29, 1.82) is 0 Å². The first-order chi connectivity index (χ1) is 15.5. The van der Waals surface area contributed by atoms with E-state index in [-0.39, 0.29) is 18.3 Å². The van der Waals surface area contributed by atoms with Crippen molar-refractivity contribution in [2.45, 2.75) is 103 Å². The quantitative estimate of drug-likeness (QED) is 0.305. The van der Waals surface area contributed by atoms with Crippen LogP contribution in [0.4, 0.5) is 0 Å². The molecule has 1 aliphatic rings. The lowest BCUT2D eigenvalue weighted by Gasteiger charge is -2.43. The molecule has 1 fully saturated rings. The van der Waals surface area contributed by atoms with Gasteiger partial charge < -0.3 is 9.64 Å². The standard InChI is InChI=1S/C27H40ClNO3Si/c1-9-10-24(21(8)30)29-25(15-16-33(18(2)3,19(4)5)20(6)7)27(32-17-26(29)31)22-11-13-23(28)14-12-22/h11-14,18-20,24-25,27H,9-10,17H2,1-8H3/t24-,25-,27+/m1/s1. The maximum atomic E-state index is 13.2. The van der Waals surface area contributed by atoms with Crippen LogP contribution in [0.15, 0.2) is 24.3 Å². The lowest BCUT2D eigenvalue weighted by atomic mass is 9.95. The Labute approximate surface area is 206 Å². The highest BCUT2D eigenvalue weighted by atomic mass is 35.5. The van der Waals surface area contributed by atoms with Gasteiger partial charge in [0.15, 0.2) is 5.78 Å². The first kappa shape index (κ1) is 27.6. The van der Waals surface area contributed by atoms with E-state index >= 15 is 0 Å². The van der Waals surface area contributed by atoms with Crippen LogP contribution in [0.1, 0.15) is 79.9 Å². The van der Waals surface area contributed by atoms with Gasteiger partial charge in [-0.3, -0.25) is 9.59 Å². The number of morpholine rings is 1. The summed E-state index contributed by atoms with van der Waals surface area (Å²) in [6, 6.07) is 6.50. The molecule has 1 aromatic carbocycles. The highest BCUT2D eigenvalue weighted by Gasteiger charge is 2.44. The molecular weight excluding hydrogens is 450 g/mol. The van der Waals surface area contributed by atoms with Crippen LogP contribution in [0.25, 0.3) is 0 Å². The molecular formula is C27H40ClNO3Si. The van der Waals surface area contributed by atoms with Gasteiger partial charge >= 0.3 is 0 Å². The van der Waals surface area contributed by atoms with Gasteiger partial charge in [-0.1, -0.05) is 84.5 Å². The van der Waals surface area contributed by atoms with E-state index in [1.54, 1.807) is 11.8 Å². The second-order valence-corrected chi connectivity index (χ2v) is 16.1. The number of Topliss-reactive ketones (excluding diaryl/α,β-unsaturated/α-hetero) is 1. The number of carbonyl (C=O) groups excluding carboxylic acids is 2. The summed E-state index contributed by atoms with van der Waals surface area (Å²) in [6.07, 6.45) is 1.00. The van der Waals surface area contributed by atoms with Gasteiger partial charge in [0.05, 0.1) is 6.04 Å². The fourth-order valence-corrected chi connectivity index (χ4v) is 10.9. The molecule has 1 amide bonds. The zero-order valence-electron chi connectivity index (χ0n) is 21.4. The third-order valence-electron chi connectivity index (χ3n) is 7.13. The van der Waals surface area contributed by atoms with Gasteiger partial charge in [0.2, 0.25) is 5.91 Å². The lowest BCUT2D eigenvalue weighted by Crippen LogP contribution is -2.57. The van der Waals surface area contributed by atoms with E-state index in [1.165, 1.54) is 0 Å². The number of benzene rings is 1. The molecule has 1 aromatic rings. The first-order valence-electron chi connectivity index (χ1n) is 12.2. The third kappa shape index (κ3) is 5.91. The van der Waals surface area contributed by atoms with E-state index in [1.807, 2.05) is 31.2 Å². The summed E-state index contributed by atoms with van der Waals surface area (Å²) < 4.78 is 6.08. The number of amides is 1. The maximum Gasteiger partial charge on any atom is 0.250 e. The average Bonchev–Trinajstić information content (AvgIpc) is 2.73. The number of ketones is 1. The number of halogens is 1. The zero-order valence-corrected chi connectivity index (χ0v) is 23.2. The molecule has 3 atom stereocenters. The second-order valence-electron chi connectivity index (χ2n) is 10.1. The van der Waals surface area contributed by atoms with Crippen LogP contribution in [-0.2, 0) is 14.3 Å². The van der Waals surface area contributed by atoms with E-state index in [2.05, 4.69) is 53.0 Å². The minimum absolute atomic E-state index is 0.00570. The fourth-order valence-electron chi connectivity index (χ4n) is 5.52. The Morgan fingerprint density at radius 1 is 1.12 bits per heavy atom. The van der Waals surface area contributed by atoms with Crippen molar-refractivity contribution < 1.29 is 14.3 Å². The van der Waals surface area contributed by atoms with Crippen molar-refractivity contribution >= 4 is 31.4 Å². The molecule has 1 heterocycles. The normalized spacial score (nSPS) is 20.2. The monoisotopic (exact) mass is 489 g/mol. The molecule has 0 radical (unpaired) electrons. The maximum absolute atomic E-state index is 13.2. The molecule has 2 rings (SSSR count). The van der Waals surface area contributed by atoms with Crippen LogP contribution >= 0.6 is 11.6 Å². The lowest BCUT2D eigenvalue weighted by molar-refractivity contribution is -0.161. The van der Waals surface area contributed by atoms with Crippen LogP contribution < -0.4 is 0 Å². The van der Waals surface area contributed by atoms with Gasteiger partial charge in [0.25, 0.3) is 0 Å². The molecule has 0 saturated carbocycles. The van der Waals surface area contributed by atoms with E-state index in [4.69, 9.17) is 16.3 Å². The fraction of sp³-hybridized carbons (Fsp3) is 0.630. The van der Waals surface area contributed by atoms with Crippen LogP contribution in [-0.4, -0.2) is 43.4 Å². The molecule has 0 unspecified atom stereocenters. The van der Waals surface area contributed by atoms with Crippen molar-refractivity contribution in [2.75, 3.05) is 6.61 Å². The van der Waals surface area contributed by atoms with Gasteiger partial charge in [-0.05, 0) is 47.7 Å². The number of rotatable bonds is 8. The van der Waals surface area contributed by atoms with Gasteiger partial charge in [-0.25, -0.2) is 0 Å². The molecule has 0 bridgehead atoms. The van der Waals surface area contributed by atoms with Gasteiger partial charge in [0, 0.05) is 5.02 Å². The molecule has 0 N–H and O–H groups in total. The number of carbonyl (C=O) groups is 2. The highest BCUT2D eigenvalue weighted by molar-refractivity contribution is 6.90. The number of nitrogens with zero attached hydrogens (tertiary/aromatic N) is 1. The summed E-state index contributed by atoms with van der Waals surface area (Å²) in [4.78, 5) is 27.5. The minimum atomic E-state index is -2.04. The van der Waals surface area contributed by atoms with E-state index < -0.39 is 26.3 Å². The minimum Gasteiger partial charge on any atom is -0.360 e. The van der Waals surface area contributed by atoms with Crippen LogP contribution in [0.2, 0.25) is 21.6 Å². The SMILES string of the molecule is CCC[C@H](C(C)=O)N1C(=O)CO[C@@H](c2ccc(Cl)cc2)[C@H]1C#C[Si](C(C)C)(C(C)C)C(C)C. The van der Waals surface area contributed by atoms with Crippen molar-refractivity contribution in [3.05, 3.63) is 34.9 Å². The van der Waals surface area contributed by atoms with Gasteiger partial charge in [0.1, 0.15) is 26.8 Å². The third-order valence-corrected chi connectivity index (χ3v) is 13.7. The molecule has 1 aliphatic heterocycles. The predicted molar refractivity (Wildman–Crippen MR) is 139 cm³/mol. The number of ether oxygens (including phenoxy) is 1.